The van der Waals surface area contributed by atoms with Gasteiger partial charge in [0, 0.05) is 22.9 Å². The lowest BCUT2D eigenvalue weighted by Gasteiger charge is -2.15. The van der Waals surface area contributed by atoms with Crippen molar-refractivity contribution in [1.82, 2.24) is 0 Å². The molecule has 0 radical (unpaired) electrons. The van der Waals surface area contributed by atoms with Crippen LogP contribution in [0.5, 0.6) is 0 Å². The van der Waals surface area contributed by atoms with Gasteiger partial charge < -0.3 is 10.5 Å². The highest BCUT2D eigenvalue weighted by Gasteiger charge is 2.12. The van der Waals surface area contributed by atoms with E-state index in [9.17, 15) is 4.79 Å². The zero-order valence-corrected chi connectivity index (χ0v) is 12.2. The molecule has 2 rings (SSSR count). The number of methoxy groups -OCH3 is 1. The van der Waals surface area contributed by atoms with Crippen molar-refractivity contribution in [2.24, 2.45) is 5.73 Å². The summed E-state index contributed by atoms with van der Waals surface area (Å²) in [4.78, 5) is 11.1. The molecule has 0 heterocycles. The quantitative estimate of drug-likeness (QED) is 0.852. The maximum Gasteiger partial charge on any atom is 0.305 e. The van der Waals surface area contributed by atoms with Crippen molar-refractivity contribution < 1.29 is 9.53 Å². The summed E-state index contributed by atoms with van der Waals surface area (Å²) in [6, 6.07) is 11.7. The first-order chi connectivity index (χ1) is 9.63. The highest BCUT2D eigenvalue weighted by atomic mass is 35.5. The molecular weight excluding hydrogens is 274 g/mol. The second-order valence-electron chi connectivity index (χ2n) is 4.76. The van der Waals surface area contributed by atoms with Crippen LogP contribution < -0.4 is 5.73 Å². The van der Waals surface area contributed by atoms with Gasteiger partial charge in [0.2, 0.25) is 0 Å². The average molecular weight is 292 g/mol. The van der Waals surface area contributed by atoms with E-state index in [-0.39, 0.29) is 12.0 Å². The molecule has 0 aliphatic rings. The predicted molar refractivity (Wildman–Crippen MR) is 81.8 cm³/mol. The molecule has 3 nitrogen and oxygen atoms in total. The lowest BCUT2D eigenvalue weighted by Crippen LogP contribution is -2.12. The first kappa shape index (κ1) is 14.8. The van der Waals surface area contributed by atoms with Crippen molar-refractivity contribution in [3.05, 3.63) is 47.0 Å². The molecule has 1 atom stereocenters. The van der Waals surface area contributed by atoms with E-state index < -0.39 is 0 Å². The maximum absolute atomic E-state index is 11.1. The van der Waals surface area contributed by atoms with Gasteiger partial charge in [0.15, 0.2) is 0 Å². The number of ether oxygens (including phenoxy) is 1. The van der Waals surface area contributed by atoms with E-state index >= 15 is 0 Å². The fourth-order valence-corrected chi connectivity index (χ4v) is 2.56. The van der Waals surface area contributed by atoms with Crippen LogP contribution in [0.15, 0.2) is 36.4 Å². The number of hydrogen-bond acceptors (Lipinski definition) is 3. The third kappa shape index (κ3) is 3.30. The van der Waals surface area contributed by atoms with Gasteiger partial charge in [-0.25, -0.2) is 0 Å². The van der Waals surface area contributed by atoms with Crippen LogP contribution in [0, 0.1) is 0 Å². The molecule has 0 aromatic heterocycles. The predicted octanol–water partition coefficient (Wildman–Crippen LogP) is 3.84. The molecule has 20 heavy (non-hydrogen) atoms. The smallest absolute Gasteiger partial charge is 0.305 e. The lowest BCUT2D eigenvalue weighted by molar-refractivity contribution is -0.140. The molecule has 1 unspecified atom stereocenters. The summed E-state index contributed by atoms with van der Waals surface area (Å²) in [6.45, 7) is 0. The molecule has 0 saturated heterocycles. The first-order valence-corrected chi connectivity index (χ1v) is 7.01. The van der Waals surface area contributed by atoms with E-state index in [0.717, 1.165) is 27.8 Å². The van der Waals surface area contributed by atoms with Crippen LogP contribution in [0.4, 0.5) is 0 Å². The third-order valence-corrected chi connectivity index (χ3v) is 3.76. The van der Waals surface area contributed by atoms with Gasteiger partial charge in [0.25, 0.3) is 0 Å². The Balaban J connectivity index is 2.16. The molecule has 0 fully saturated rings. The summed E-state index contributed by atoms with van der Waals surface area (Å²) in [5.41, 5.74) is 7.31. The maximum atomic E-state index is 11.1. The Labute approximate surface area is 123 Å². The monoisotopic (exact) mass is 291 g/mol. The van der Waals surface area contributed by atoms with Crippen LogP contribution in [-0.4, -0.2) is 13.1 Å². The second kappa shape index (κ2) is 6.73. The van der Waals surface area contributed by atoms with Gasteiger partial charge in [-0.05, 0) is 29.9 Å². The Hall–Kier alpha value is -1.58. The molecule has 0 bridgehead atoms. The average Bonchev–Trinajstić information content (AvgIpc) is 2.47. The lowest BCUT2D eigenvalue weighted by atomic mass is 9.96. The molecule has 106 valence electrons. The zero-order chi connectivity index (χ0) is 14.5. The van der Waals surface area contributed by atoms with E-state index in [2.05, 4.69) is 4.74 Å². The summed E-state index contributed by atoms with van der Waals surface area (Å²) >= 11 is 6.20. The van der Waals surface area contributed by atoms with Crippen LogP contribution in [0.3, 0.4) is 0 Å². The van der Waals surface area contributed by atoms with E-state index in [0.29, 0.717) is 12.8 Å². The molecule has 0 spiro atoms. The van der Waals surface area contributed by atoms with Crippen LogP contribution in [0.25, 0.3) is 10.8 Å². The summed E-state index contributed by atoms with van der Waals surface area (Å²) in [5.74, 6) is -0.196. The zero-order valence-electron chi connectivity index (χ0n) is 11.4. The number of fused-ring (bicyclic) bond motifs is 1. The Morgan fingerprint density at radius 1 is 1.25 bits per heavy atom. The van der Waals surface area contributed by atoms with Gasteiger partial charge in [-0.15, -0.1) is 0 Å². The number of carbonyl (C=O) groups excluding carboxylic acids is 1. The van der Waals surface area contributed by atoms with Crippen LogP contribution in [0.2, 0.25) is 5.02 Å². The van der Waals surface area contributed by atoms with E-state index in [1.54, 1.807) is 0 Å². The number of nitrogens with two attached hydrogens (primary N) is 1. The summed E-state index contributed by atoms with van der Waals surface area (Å²) < 4.78 is 4.63. The summed E-state index contributed by atoms with van der Waals surface area (Å²) in [7, 11) is 1.40. The fourth-order valence-electron chi connectivity index (χ4n) is 2.33. The highest BCUT2D eigenvalue weighted by molar-refractivity contribution is 6.35. The first-order valence-electron chi connectivity index (χ1n) is 6.63. The normalized spacial score (nSPS) is 12.3. The molecule has 2 aromatic carbocycles. The minimum atomic E-state index is -0.196. The fraction of sp³-hybridized carbons (Fsp3) is 0.312. The SMILES string of the molecule is COC(=O)CCCC(N)c1ccc(Cl)c2ccccc12. The van der Waals surface area contributed by atoms with E-state index in [4.69, 9.17) is 17.3 Å². The second-order valence-corrected chi connectivity index (χ2v) is 5.16. The van der Waals surface area contributed by atoms with Gasteiger partial charge in [-0.2, -0.15) is 0 Å². The van der Waals surface area contributed by atoms with E-state index in [1.165, 1.54) is 7.11 Å². The topological polar surface area (TPSA) is 52.3 Å². The molecule has 0 aliphatic heterocycles. The Morgan fingerprint density at radius 3 is 2.65 bits per heavy atom. The molecule has 0 amide bonds. The molecular formula is C16H18ClNO2. The number of carbonyl (C=O) groups is 1. The van der Waals surface area contributed by atoms with Crippen molar-refractivity contribution >= 4 is 28.3 Å². The molecule has 0 saturated carbocycles. The number of halogens is 1. The minimum Gasteiger partial charge on any atom is -0.469 e. The Bertz CT molecular complexity index is 612. The van der Waals surface area contributed by atoms with Gasteiger partial charge in [-0.3, -0.25) is 4.79 Å². The number of esters is 1. The highest BCUT2D eigenvalue weighted by Crippen LogP contribution is 2.30. The summed E-state index contributed by atoms with van der Waals surface area (Å²) in [5, 5.41) is 2.81. The van der Waals surface area contributed by atoms with Gasteiger partial charge in [0.1, 0.15) is 0 Å². The molecule has 4 heteroatoms. The number of hydrogen-bond donors (Lipinski definition) is 1. The van der Waals surface area contributed by atoms with Crippen molar-refractivity contribution in [1.29, 1.82) is 0 Å². The van der Waals surface area contributed by atoms with Crippen LogP contribution in [-0.2, 0) is 9.53 Å². The largest absolute Gasteiger partial charge is 0.469 e. The molecule has 0 aliphatic carbocycles. The minimum absolute atomic E-state index is 0.109. The molecule has 2 aromatic rings. The standard InChI is InChI=1S/C16H18ClNO2/c1-20-16(19)8-4-7-15(18)13-9-10-14(17)12-6-3-2-5-11(12)13/h2-3,5-6,9-10,15H,4,7-8,18H2,1H3. The van der Waals surface area contributed by atoms with Gasteiger partial charge in [-0.1, -0.05) is 41.9 Å². The van der Waals surface area contributed by atoms with Gasteiger partial charge in [0.05, 0.1) is 7.11 Å². The Morgan fingerprint density at radius 2 is 1.95 bits per heavy atom. The molecule has 2 N–H and O–H groups in total. The van der Waals surface area contributed by atoms with Crippen molar-refractivity contribution in [2.75, 3.05) is 7.11 Å². The van der Waals surface area contributed by atoms with Crippen molar-refractivity contribution in [2.45, 2.75) is 25.3 Å². The van der Waals surface area contributed by atoms with Gasteiger partial charge >= 0.3 is 5.97 Å². The summed E-state index contributed by atoms with van der Waals surface area (Å²) in [6.07, 6.45) is 1.85. The number of benzene rings is 2. The third-order valence-electron chi connectivity index (χ3n) is 3.43. The van der Waals surface area contributed by atoms with E-state index in [1.807, 2.05) is 36.4 Å². The van der Waals surface area contributed by atoms with Crippen LogP contribution in [0.1, 0.15) is 30.9 Å². The Kier molecular flexibility index (Phi) is 4.99. The van der Waals surface area contributed by atoms with Crippen LogP contribution >= 0.6 is 11.6 Å². The van der Waals surface area contributed by atoms with Crippen molar-refractivity contribution in [3.63, 3.8) is 0 Å². The number of rotatable bonds is 5. The van der Waals surface area contributed by atoms with Crippen molar-refractivity contribution in [3.8, 4) is 0 Å².